The van der Waals surface area contributed by atoms with E-state index in [9.17, 15) is 14.4 Å². The number of nitrogens with one attached hydrogen (secondary N) is 2. The van der Waals surface area contributed by atoms with E-state index in [1.165, 1.54) is 0 Å². The summed E-state index contributed by atoms with van der Waals surface area (Å²) >= 11 is 0. The van der Waals surface area contributed by atoms with Crippen molar-refractivity contribution < 1.29 is 19.5 Å². The van der Waals surface area contributed by atoms with Crippen LogP contribution in [0.2, 0.25) is 0 Å². The second-order valence-corrected chi connectivity index (χ2v) is 5.98. The van der Waals surface area contributed by atoms with Gasteiger partial charge in [-0.05, 0) is 26.2 Å². The predicted molar refractivity (Wildman–Crippen MR) is 75.0 cm³/mol. The third-order valence-electron chi connectivity index (χ3n) is 2.97. The fourth-order valence-corrected chi connectivity index (χ4v) is 1.51. The molecular weight excluding hydrogens is 262 g/mol. The lowest BCUT2D eigenvalue weighted by Gasteiger charge is -2.21. The number of amides is 3. The molecule has 0 aliphatic carbocycles. The topological polar surface area (TPSA) is 122 Å². The minimum Gasteiger partial charge on any atom is -0.481 e. The van der Waals surface area contributed by atoms with Crippen LogP contribution >= 0.6 is 0 Å². The molecule has 116 valence electrons. The van der Waals surface area contributed by atoms with Gasteiger partial charge < -0.3 is 21.5 Å². The molecular formula is C13H25N3O4. The Morgan fingerprint density at radius 2 is 1.75 bits per heavy atom. The molecule has 0 spiro atoms. The van der Waals surface area contributed by atoms with Crippen molar-refractivity contribution in [1.82, 2.24) is 10.6 Å². The highest BCUT2D eigenvalue weighted by atomic mass is 16.4. The number of urea groups is 1. The summed E-state index contributed by atoms with van der Waals surface area (Å²) in [5.41, 5.74) is 4.34. The average Bonchev–Trinajstić information content (AvgIpc) is 2.31. The first-order valence-corrected chi connectivity index (χ1v) is 6.60. The van der Waals surface area contributed by atoms with Crippen LogP contribution in [-0.2, 0) is 9.59 Å². The Bertz CT molecular complexity index is 367. The number of primary amides is 1. The lowest BCUT2D eigenvalue weighted by molar-refractivity contribution is -0.142. The summed E-state index contributed by atoms with van der Waals surface area (Å²) < 4.78 is 0. The second-order valence-electron chi connectivity index (χ2n) is 5.98. The molecule has 0 aliphatic rings. The van der Waals surface area contributed by atoms with Crippen molar-refractivity contribution in [3.63, 3.8) is 0 Å². The van der Waals surface area contributed by atoms with E-state index in [4.69, 9.17) is 10.8 Å². The fourth-order valence-electron chi connectivity index (χ4n) is 1.51. The fraction of sp³-hybridized carbons (Fsp3) is 0.769. The standard InChI is InChI=1S/C13H25N3O4/c1-8(2)5-9(10(17)18)6-15-12(20)16-7-13(3,4)11(14)19/h8-9H,5-7H2,1-4H3,(H2,14,19)(H,17,18)(H2,15,16,20). The molecule has 0 heterocycles. The summed E-state index contributed by atoms with van der Waals surface area (Å²) in [5.74, 6) is -1.84. The molecule has 0 rings (SSSR count). The van der Waals surface area contributed by atoms with Crippen LogP contribution in [0, 0.1) is 17.3 Å². The number of carboxylic acid groups (broad SMARTS) is 1. The van der Waals surface area contributed by atoms with Crippen LogP contribution in [0.4, 0.5) is 4.79 Å². The van der Waals surface area contributed by atoms with Gasteiger partial charge in [-0.25, -0.2) is 4.79 Å². The Balaban J connectivity index is 4.21. The number of carboxylic acids is 1. The van der Waals surface area contributed by atoms with Crippen LogP contribution < -0.4 is 16.4 Å². The van der Waals surface area contributed by atoms with Gasteiger partial charge in [-0.1, -0.05) is 13.8 Å². The number of hydrogen-bond acceptors (Lipinski definition) is 3. The van der Waals surface area contributed by atoms with Gasteiger partial charge in [0.1, 0.15) is 0 Å². The van der Waals surface area contributed by atoms with Gasteiger partial charge in [0.15, 0.2) is 0 Å². The summed E-state index contributed by atoms with van der Waals surface area (Å²) in [6, 6.07) is -0.505. The average molecular weight is 287 g/mol. The zero-order chi connectivity index (χ0) is 15.9. The summed E-state index contributed by atoms with van der Waals surface area (Å²) in [6.07, 6.45) is 0.488. The molecule has 0 aliphatic heterocycles. The number of carbonyl (C=O) groups excluding carboxylic acids is 2. The Morgan fingerprint density at radius 3 is 2.15 bits per heavy atom. The molecule has 0 radical (unpaired) electrons. The minimum atomic E-state index is -0.934. The van der Waals surface area contributed by atoms with E-state index in [1.807, 2.05) is 13.8 Å². The van der Waals surface area contributed by atoms with Crippen LogP contribution in [0.1, 0.15) is 34.1 Å². The van der Waals surface area contributed by atoms with Crippen LogP contribution in [0.5, 0.6) is 0 Å². The van der Waals surface area contributed by atoms with Crippen molar-refractivity contribution in [2.75, 3.05) is 13.1 Å². The molecule has 1 atom stereocenters. The van der Waals surface area contributed by atoms with Crippen molar-refractivity contribution >= 4 is 17.9 Å². The molecule has 0 aromatic carbocycles. The van der Waals surface area contributed by atoms with Crippen molar-refractivity contribution in [3.05, 3.63) is 0 Å². The zero-order valence-corrected chi connectivity index (χ0v) is 12.5. The molecule has 1 unspecified atom stereocenters. The first kappa shape index (κ1) is 18.2. The molecule has 3 amide bonds. The Labute approximate surface area is 119 Å². The Hall–Kier alpha value is -1.79. The van der Waals surface area contributed by atoms with Gasteiger partial charge in [-0.15, -0.1) is 0 Å². The van der Waals surface area contributed by atoms with Crippen LogP contribution in [-0.4, -0.2) is 36.1 Å². The number of aliphatic carboxylic acids is 1. The van der Waals surface area contributed by atoms with Crippen LogP contribution in [0.25, 0.3) is 0 Å². The van der Waals surface area contributed by atoms with Crippen molar-refractivity contribution in [2.24, 2.45) is 23.0 Å². The summed E-state index contributed by atoms with van der Waals surface area (Å²) in [7, 11) is 0. The van der Waals surface area contributed by atoms with Gasteiger partial charge in [0.25, 0.3) is 0 Å². The van der Waals surface area contributed by atoms with E-state index in [0.29, 0.717) is 6.42 Å². The molecule has 0 aromatic rings. The maximum atomic E-state index is 11.6. The summed E-state index contributed by atoms with van der Waals surface area (Å²) in [4.78, 5) is 33.7. The smallest absolute Gasteiger partial charge is 0.314 e. The van der Waals surface area contributed by atoms with E-state index in [2.05, 4.69) is 10.6 Å². The third kappa shape index (κ3) is 6.96. The second kappa shape index (κ2) is 7.72. The number of rotatable bonds is 8. The van der Waals surface area contributed by atoms with E-state index in [-0.39, 0.29) is 19.0 Å². The molecule has 7 nitrogen and oxygen atoms in total. The number of carbonyl (C=O) groups is 3. The van der Waals surface area contributed by atoms with E-state index in [1.54, 1.807) is 13.8 Å². The molecule has 0 saturated carbocycles. The number of hydrogen-bond donors (Lipinski definition) is 4. The molecule has 0 fully saturated rings. The molecule has 0 bridgehead atoms. The Morgan fingerprint density at radius 1 is 1.20 bits per heavy atom. The van der Waals surface area contributed by atoms with Gasteiger partial charge in [-0.2, -0.15) is 0 Å². The maximum Gasteiger partial charge on any atom is 0.314 e. The molecule has 20 heavy (non-hydrogen) atoms. The molecule has 0 saturated heterocycles. The SMILES string of the molecule is CC(C)CC(CNC(=O)NCC(C)(C)C(N)=O)C(=O)O. The van der Waals surface area contributed by atoms with Gasteiger partial charge in [0, 0.05) is 13.1 Å². The third-order valence-corrected chi connectivity index (χ3v) is 2.97. The van der Waals surface area contributed by atoms with Gasteiger partial charge >= 0.3 is 12.0 Å². The minimum absolute atomic E-state index is 0.0519. The van der Waals surface area contributed by atoms with Crippen molar-refractivity contribution in [2.45, 2.75) is 34.1 Å². The normalized spacial score (nSPS) is 12.8. The van der Waals surface area contributed by atoms with E-state index in [0.717, 1.165) is 0 Å². The molecule has 5 N–H and O–H groups in total. The first-order chi connectivity index (χ1) is 9.06. The lowest BCUT2D eigenvalue weighted by Crippen LogP contribution is -2.47. The van der Waals surface area contributed by atoms with Gasteiger partial charge in [0.05, 0.1) is 11.3 Å². The van der Waals surface area contributed by atoms with Gasteiger partial charge in [-0.3, -0.25) is 9.59 Å². The van der Waals surface area contributed by atoms with Crippen LogP contribution in [0.15, 0.2) is 0 Å². The van der Waals surface area contributed by atoms with Crippen molar-refractivity contribution in [3.8, 4) is 0 Å². The Kier molecular flexibility index (Phi) is 7.02. The summed E-state index contributed by atoms with van der Waals surface area (Å²) in [6.45, 7) is 7.23. The van der Waals surface area contributed by atoms with Crippen molar-refractivity contribution in [1.29, 1.82) is 0 Å². The van der Waals surface area contributed by atoms with E-state index >= 15 is 0 Å². The quantitative estimate of drug-likeness (QED) is 0.520. The largest absolute Gasteiger partial charge is 0.481 e. The van der Waals surface area contributed by atoms with Gasteiger partial charge in [0.2, 0.25) is 5.91 Å². The predicted octanol–water partition coefficient (Wildman–Crippen LogP) is 0.544. The summed E-state index contributed by atoms with van der Waals surface area (Å²) in [5, 5.41) is 14.0. The van der Waals surface area contributed by atoms with Crippen LogP contribution in [0.3, 0.4) is 0 Å². The highest BCUT2D eigenvalue weighted by Gasteiger charge is 2.26. The monoisotopic (exact) mass is 287 g/mol. The molecule has 7 heteroatoms. The van der Waals surface area contributed by atoms with E-state index < -0.39 is 29.2 Å². The highest BCUT2D eigenvalue weighted by Crippen LogP contribution is 2.12. The zero-order valence-electron chi connectivity index (χ0n) is 12.5. The first-order valence-electron chi connectivity index (χ1n) is 6.60. The molecule has 0 aromatic heterocycles. The maximum absolute atomic E-state index is 11.6. The lowest BCUT2D eigenvalue weighted by atomic mass is 9.93. The number of nitrogens with two attached hydrogens (primary N) is 1. The highest BCUT2D eigenvalue weighted by molar-refractivity contribution is 5.81.